The van der Waals surface area contributed by atoms with Crippen LogP contribution in [-0.2, 0) is 10.3 Å². The Morgan fingerprint density at radius 2 is 1.79 bits per heavy atom. The minimum absolute atomic E-state index is 0.268. The van der Waals surface area contributed by atoms with Gasteiger partial charge < -0.3 is 5.32 Å². The molecule has 0 radical (unpaired) electrons. The summed E-state index contributed by atoms with van der Waals surface area (Å²) in [6.07, 6.45) is 1.02. The van der Waals surface area contributed by atoms with Gasteiger partial charge in [-0.25, -0.2) is 4.79 Å². The quantitative estimate of drug-likeness (QED) is 0.524. The van der Waals surface area contributed by atoms with Crippen LogP contribution in [0.3, 0.4) is 0 Å². The zero-order valence-electron chi connectivity index (χ0n) is 16.2. The van der Waals surface area contributed by atoms with Gasteiger partial charge in [0.2, 0.25) is 0 Å². The minimum Gasteiger partial charge on any atom is -0.319 e. The van der Waals surface area contributed by atoms with Gasteiger partial charge in [-0.1, -0.05) is 72.2 Å². The molecule has 1 saturated heterocycles. The second kappa shape index (κ2) is 7.87. The molecule has 2 unspecified atom stereocenters. The highest BCUT2D eigenvalue weighted by Crippen LogP contribution is 2.33. The number of amides is 3. The standard InChI is InChI=1S/C22H23BrN2O3/c1-4-14(2)15-9-11-16(12-10-15)19(26)13-25-20(27)22(3,24-21(25)28)17-7-5-6-8-18(17)23/h5-12,14H,4,13H2,1-3H3,(H,24,28). The molecule has 2 atom stereocenters. The van der Waals surface area contributed by atoms with Crippen LogP contribution in [0.5, 0.6) is 0 Å². The normalized spacial score (nSPS) is 20.2. The average Bonchev–Trinajstić information content (AvgIpc) is 2.91. The number of carbonyl (C=O) groups is 3. The van der Waals surface area contributed by atoms with Crippen molar-refractivity contribution in [1.82, 2.24) is 10.2 Å². The smallest absolute Gasteiger partial charge is 0.319 e. The lowest BCUT2D eigenvalue weighted by molar-refractivity contribution is -0.130. The van der Waals surface area contributed by atoms with E-state index in [1.54, 1.807) is 31.2 Å². The predicted molar refractivity (Wildman–Crippen MR) is 111 cm³/mol. The van der Waals surface area contributed by atoms with Crippen molar-refractivity contribution in [2.45, 2.75) is 38.6 Å². The van der Waals surface area contributed by atoms with Crippen LogP contribution in [0.15, 0.2) is 53.0 Å². The molecular weight excluding hydrogens is 420 g/mol. The van der Waals surface area contributed by atoms with Crippen molar-refractivity contribution in [1.29, 1.82) is 0 Å². The molecule has 0 aromatic heterocycles. The minimum atomic E-state index is -1.21. The van der Waals surface area contributed by atoms with Gasteiger partial charge in [0.05, 0.1) is 6.54 Å². The lowest BCUT2D eigenvalue weighted by Gasteiger charge is -2.23. The molecule has 0 saturated carbocycles. The number of nitrogens with zero attached hydrogens (tertiary/aromatic N) is 1. The summed E-state index contributed by atoms with van der Waals surface area (Å²) in [7, 11) is 0. The fourth-order valence-electron chi connectivity index (χ4n) is 3.36. The molecular formula is C22H23BrN2O3. The van der Waals surface area contributed by atoms with Crippen LogP contribution in [0.2, 0.25) is 0 Å². The van der Waals surface area contributed by atoms with E-state index in [2.05, 4.69) is 35.1 Å². The number of ketones is 1. The molecule has 0 aliphatic carbocycles. The Labute approximate surface area is 173 Å². The van der Waals surface area contributed by atoms with E-state index >= 15 is 0 Å². The maximum atomic E-state index is 13.0. The number of hydrogen-bond acceptors (Lipinski definition) is 3. The van der Waals surface area contributed by atoms with Crippen LogP contribution in [0, 0.1) is 0 Å². The molecule has 0 bridgehead atoms. The van der Waals surface area contributed by atoms with Gasteiger partial charge in [0, 0.05) is 15.6 Å². The van der Waals surface area contributed by atoms with Crippen LogP contribution in [0.25, 0.3) is 0 Å². The third kappa shape index (κ3) is 3.61. The van der Waals surface area contributed by atoms with Crippen LogP contribution in [0.1, 0.15) is 54.6 Å². The Morgan fingerprint density at radius 1 is 1.14 bits per heavy atom. The van der Waals surface area contributed by atoms with E-state index in [0.717, 1.165) is 21.4 Å². The number of imide groups is 1. The van der Waals surface area contributed by atoms with Gasteiger partial charge in [-0.3, -0.25) is 14.5 Å². The first-order chi connectivity index (χ1) is 13.3. The molecule has 3 rings (SSSR count). The number of nitrogens with one attached hydrogen (secondary N) is 1. The molecule has 2 aromatic rings. The van der Waals surface area contributed by atoms with E-state index in [9.17, 15) is 14.4 Å². The van der Waals surface area contributed by atoms with Crippen LogP contribution < -0.4 is 5.32 Å². The van der Waals surface area contributed by atoms with Crippen molar-refractivity contribution in [2.75, 3.05) is 6.54 Å². The number of Topliss-reactive ketones (excluding diaryl/α,β-unsaturated/α-hetero) is 1. The molecule has 2 aromatic carbocycles. The lowest BCUT2D eigenvalue weighted by Crippen LogP contribution is -2.41. The number of hydrogen-bond donors (Lipinski definition) is 1. The number of benzene rings is 2. The molecule has 146 valence electrons. The Morgan fingerprint density at radius 3 is 2.39 bits per heavy atom. The van der Waals surface area contributed by atoms with Crippen LogP contribution in [-0.4, -0.2) is 29.2 Å². The van der Waals surface area contributed by atoms with E-state index in [0.29, 0.717) is 17.0 Å². The summed E-state index contributed by atoms with van der Waals surface area (Å²) >= 11 is 3.43. The van der Waals surface area contributed by atoms with Crippen molar-refractivity contribution in [3.05, 3.63) is 69.7 Å². The Hall–Kier alpha value is -2.47. The largest absolute Gasteiger partial charge is 0.325 e. The summed E-state index contributed by atoms with van der Waals surface area (Å²) in [5, 5.41) is 2.73. The molecule has 6 heteroatoms. The topological polar surface area (TPSA) is 66.5 Å². The highest BCUT2D eigenvalue weighted by molar-refractivity contribution is 9.10. The van der Waals surface area contributed by atoms with Gasteiger partial charge in [0.15, 0.2) is 5.78 Å². The Balaban J connectivity index is 1.79. The first kappa shape index (κ1) is 20.3. The summed E-state index contributed by atoms with van der Waals surface area (Å²) in [5.41, 5.74) is 1.09. The third-order valence-electron chi connectivity index (χ3n) is 5.40. The van der Waals surface area contributed by atoms with Crippen LogP contribution in [0.4, 0.5) is 4.79 Å². The van der Waals surface area contributed by atoms with Crippen molar-refractivity contribution in [2.24, 2.45) is 0 Å². The third-order valence-corrected chi connectivity index (χ3v) is 6.09. The fourth-order valence-corrected chi connectivity index (χ4v) is 4.04. The van der Waals surface area contributed by atoms with Crippen molar-refractivity contribution >= 4 is 33.7 Å². The molecule has 28 heavy (non-hydrogen) atoms. The summed E-state index contributed by atoms with van der Waals surface area (Å²) in [6, 6.07) is 14.0. The van der Waals surface area contributed by atoms with Gasteiger partial charge in [-0.15, -0.1) is 0 Å². The van der Waals surface area contributed by atoms with Crippen molar-refractivity contribution in [3.63, 3.8) is 0 Å². The Kier molecular flexibility index (Phi) is 5.70. The number of carbonyl (C=O) groups excluding carboxylic acids is 3. The van der Waals surface area contributed by atoms with Crippen molar-refractivity contribution < 1.29 is 14.4 Å². The molecule has 0 spiro atoms. The first-order valence-corrected chi connectivity index (χ1v) is 10.1. The molecule has 3 amide bonds. The Bertz CT molecular complexity index is 926. The molecule has 1 N–H and O–H groups in total. The molecule has 1 aliphatic rings. The monoisotopic (exact) mass is 442 g/mol. The fraction of sp³-hybridized carbons (Fsp3) is 0.318. The van der Waals surface area contributed by atoms with Gasteiger partial charge >= 0.3 is 6.03 Å². The highest BCUT2D eigenvalue weighted by Gasteiger charge is 2.50. The number of halogens is 1. The maximum Gasteiger partial charge on any atom is 0.325 e. The number of rotatable bonds is 6. The highest BCUT2D eigenvalue weighted by atomic mass is 79.9. The summed E-state index contributed by atoms with van der Waals surface area (Å²) < 4.78 is 0.722. The van der Waals surface area contributed by atoms with E-state index in [1.165, 1.54) is 0 Å². The zero-order chi connectivity index (χ0) is 20.5. The predicted octanol–water partition coefficient (Wildman–Crippen LogP) is 4.61. The molecule has 1 aliphatic heterocycles. The van der Waals surface area contributed by atoms with E-state index in [-0.39, 0.29) is 12.3 Å². The van der Waals surface area contributed by atoms with Crippen molar-refractivity contribution in [3.8, 4) is 0 Å². The van der Waals surface area contributed by atoms with E-state index in [1.807, 2.05) is 24.3 Å². The van der Waals surface area contributed by atoms with E-state index in [4.69, 9.17) is 0 Å². The zero-order valence-corrected chi connectivity index (χ0v) is 17.7. The summed E-state index contributed by atoms with van der Waals surface area (Å²) in [5.74, 6) is -0.287. The molecule has 5 nitrogen and oxygen atoms in total. The second-order valence-electron chi connectivity index (χ2n) is 7.28. The molecule has 1 heterocycles. The van der Waals surface area contributed by atoms with Gasteiger partial charge in [-0.2, -0.15) is 0 Å². The van der Waals surface area contributed by atoms with Gasteiger partial charge in [0.1, 0.15) is 5.54 Å². The maximum absolute atomic E-state index is 13.0. The summed E-state index contributed by atoms with van der Waals surface area (Å²) in [4.78, 5) is 39.1. The average molecular weight is 443 g/mol. The van der Waals surface area contributed by atoms with E-state index < -0.39 is 17.5 Å². The summed E-state index contributed by atoms with van der Waals surface area (Å²) in [6.45, 7) is 5.61. The number of urea groups is 1. The van der Waals surface area contributed by atoms with Gasteiger partial charge in [0.25, 0.3) is 5.91 Å². The first-order valence-electron chi connectivity index (χ1n) is 9.30. The van der Waals surface area contributed by atoms with Gasteiger partial charge in [-0.05, 0) is 30.9 Å². The van der Waals surface area contributed by atoms with Crippen LogP contribution >= 0.6 is 15.9 Å². The lowest BCUT2D eigenvalue weighted by atomic mass is 9.92. The SMILES string of the molecule is CCC(C)c1ccc(C(=O)CN2C(=O)NC(C)(c3ccccc3Br)C2=O)cc1. The molecule has 1 fully saturated rings. The second-order valence-corrected chi connectivity index (χ2v) is 8.14.